The van der Waals surface area contributed by atoms with Crippen molar-refractivity contribution in [2.75, 3.05) is 5.32 Å². The maximum absolute atomic E-state index is 13.7. The summed E-state index contributed by atoms with van der Waals surface area (Å²) in [6, 6.07) is 5.68. The Hall–Kier alpha value is -2.39. The summed E-state index contributed by atoms with van der Waals surface area (Å²) in [5.41, 5.74) is -3.30. The normalized spacial score (nSPS) is 16.3. The van der Waals surface area contributed by atoms with Crippen molar-refractivity contribution in [2.45, 2.75) is 44.1 Å². The minimum Gasteiger partial charge on any atom is -0.457 e. The fourth-order valence-electron chi connectivity index (χ4n) is 3.15. The molecule has 0 saturated carbocycles. The van der Waals surface area contributed by atoms with Crippen molar-refractivity contribution in [1.29, 1.82) is 0 Å². The minimum atomic E-state index is -5.18. The van der Waals surface area contributed by atoms with Gasteiger partial charge in [0.15, 0.2) is 0 Å². The highest BCUT2D eigenvalue weighted by atomic mass is 32.1. The van der Waals surface area contributed by atoms with Crippen molar-refractivity contribution in [1.82, 2.24) is 0 Å². The molecular formula is C19H18F3NO4S. The van der Waals surface area contributed by atoms with E-state index in [1.165, 1.54) is 43.4 Å². The van der Waals surface area contributed by atoms with Crippen LogP contribution in [0.4, 0.5) is 18.9 Å². The maximum Gasteiger partial charge on any atom is 0.426 e. The Morgan fingerprint density at radius 2 is 2.00 bits per heavy atom. The molecule has 0 spiro atoms. The molecule has 2 N–H and O–H groups in total. The van der Waals surface area contributed by atoms with Crippen molar-refractivity contribution < 1.29 is 32.6 Å². The number of hydrogen-bond donors (Lipinski definition) is 2. The lowest BCUT2D eigenvalue weighted by Gasteiger charge is -2.36. The Morgan fingerprint density at radius 3 is 2.61 bits per heavy atom. The Kier molecular flexibility index (Phi) is 5.01. The Balaban J connectivity index is 1.87. The highest BCUT2D eigenvalue weighted by Crippen LogP contribution is 2.42. The second kappa shape index (κ2) is 6.89. The number of halogens is 3. The van der Waals surface area contributed by atoms with Crippen molar-refractivity contribution in [2.24, 2.45) is 0 Å². The van der Waals surface area contributed by atoms with Crippen LogP contribution in [0.15, 0.2) is 35.0 Å². The Labute approximate surface area is 163 Å². The highest BCUT2D eigenvalue weighted by molar-refractivity contribution is 7.08. The van der Waals surface area contributed by atoms with Gasteiger partial charge < -0.3 is 15.2 Å². The van der Waals surface area contributed by atoms with E-state index < -0.39 is 35.5 Å². The molecule has 150 valence electrons. The second-order valence-electron chi connectivity index (χ2n) is 7.33. The number of ether oxygens (including phenoxy) is 1. The number of carbonyl (C=O) groups excluding carboxylic acids is 2. The number of carbonyl (C=O) groups is 2. The van der Waals surface area contributed by atoms with E-state index in [1.807, 2.05) is 0 Å². The first-order valence-corrected chi connectivity index (χ1v) is 9.32. The molecule has 1 unspecified atom stereocenters. The van der Waals surface area contributed by atoms with Gasteiger partial charge in [0.05, 0.1) is 5.56 Å². The van der Waals surface area contributed by atoms with E-state index in [9.17, 15) is 27.9 Å². The van der Waals surface area contributed by atoms with E-state index in [2.05, 4.69) is 5.32 Å². The average Bonchev–Trinajstić information content (AvgIpc) is 3.24. The first-order chi connectivity index (χ1) is 12.9. The molecule has 0 aliphatic carbocycles. The number of hydrogen-bond acceptors (Lipinski definition) is 5. The summed E-state index contributed by atoms with van der Waals surface area (Å²) in [6.07, 6.45) is -6.03. The topological polar surface area (TPSA) is 75.6 Å². The van der Waals surface area contributed by atoms with E-state index in [4.69, 9.17) is 4.74 Å². The third-order valence-electron chi connectivity index (χ3n) is 4.79. The molecule has 1 atom stereocenters. The van der Waals surface area contributed by atoms with Gasteiger partial charge in [-0.3, -0.25) is 4.79 Å². The van der Waals surface area contributed by atoms with Gasteiger partial charge in [-0.25, -0.2) is 4.79 Å². The summed E-state index contributed by atoms with van der Waals surface area (Å²) in [5, 5.41) is 16.0. The number of anilines is 1. The molecule has 0 radical (unpaired) electrons. The summed E-state index contributed by atoms with van der Waals surface area (Å²) in [7, 11) is 0. The number of fused-ring (bicyclic) bond motifs is 1. The molecule has 9 heteroatoms. The SMILES string of the molecule is CC(C)(CC(O)(C(=O)Nc1ccc2c(c1)COC2=O)C(F)(F)F)c1ccsc1. The number of cyclic esters (lactones) is 1. The zero-order valence-corrected chi connectivity index (χ0v) is 15.9. The lowest BCUT2D eigenvalue weighted by Crippen LogP contribution is -2.57. The summed E-state index contributed by atoms with van der Waals surface area (Å²) >= 11 is 1.32. The van der Waals surface area contributed by atoms with Crippen molar-refractivity contribution >= 4 is 28.9 Å². The zero-order valence-electron chi connectivity index (χ0n) is 15.1. The predicted molar refractivity (Wildman–Crippen MR) is 97.2 cm³/mol. The van der Waals surface area contributed by atoms with Crippen molar-refractivity contribution in [3.8, 4) is 0 Å². The molecule has 3 rings (SSSR count). The zero-order chi connectivity index (χ0) is 20.7. The van der Waals surface area contributed by atoms with Crippen LogP contribution in [0.2, 0.25) is 0 Å². The Morgan fingerprint density at radius 1 is 1.29 bits per heavy atom. The number of benzene rings is 1. The smallest absolute Gasteiger partial charge is 0.426 e. The van der Waals surface area contributed by atoms with Gasteiger partial charge in [0.2, 0.25) is 5.60 Å². The van der Waals surface area contributed by atoms with Gasteiger partial charge in [0, 0.05) is 17.7 Å². The van der Waals surface area contributed by atoms with Crippen molar-refractivity contribution in [3.63, 3.8) is 0 Å². The molecule has 1 aromatic carbocycles. The first kappa shape index (κ1) is 20.3. The number of aliphatic hydroxyl groups is 1. The van der Waals surface area contributed by atoms with E-state index in [-0.39, 0.29) is 12.3 Å². The summed E-state index contributed by atoms with van der Waals surface area (Å²) in [5.74, 6) is -2.11. The van der Waals surface area contributed by atoms with E-state index in [0.717, 1.165) is 0 Å². The van der Waals surface area contributed by atoms with Crippen molar-refractivity contribution in [3.05, 3.63) is 51.7 Å². The monoisotopic (exact) mass is 413 g/mol. The number of thiophene rings is 1. The molecule has 5 nitrogen and oxygen atoms in total. The fraction of sp³-hybridized carbons (Fsp3) is 0.368. The molecule has 1 aromatic heterocycles. The molecule has 28 heavy (non-hydrogen) atoms. The largest absolute Gasteiger partial charge is 0.457 e. The first-order valence-electron chi connectivity index (χ1n) is 8.37. The number of alkyl halides is 3. The summed E-state index contributed by atoms with van der Waals surface area (Å²) in [6.45, 7) is 3.06. The molecule has 0 saturated heterocycles. The van der Waals surface area contributed by atoms with E-state index in [1.54, 1.807) is 16.8 Å². The van der Waals surface area contributed by atoms with Gasteiger partial charge in [-0.2, -0.15) is 24.5 Å². The maximum atomic E-state index is 13.7. The van der Waals surface area contributed by atoms with Crippen LogP contribution in [0.5, 0.6) is 0 Å². The van der Waals surface area contributed by atoms with Crippen LogP contribution in [0.3, 0.4) is 0 Å². The van der Waals surface area contributed by atoms with Crippen LogP contribution in [0, 0.1) is 0 Å². The van der Waals surface area contributed by atoms with Gasteiger partial charge in [-0.15, -0.1) is 0 Å². The molecule has 0 fully saturated rings. The lowest BCUT2D eigenvalue weighted by molar-refractivity contribution is -0.254. The molecular weight excluding hydrogens is 395 g/mol. The van der Waals surface area contributed by atoms with Crippen LogP contribution in [0.1, 0.15) is 41.8 Å². The predicted octanol–water partition coefficient (Wildman–Crippen LogP) is 4.02. The van der Waals surface area contributed by atoms with E-state index in [0.29, 0.717) is 16.7 Å². The van der Waals surface area contributed by atoms with Crippen LogP contribution < -0.4 is 5.32 Å². The van der Waals surface area contributed by atoms with Gasteiger partial charge in [-0.1, -0.05) is 13.8 Å². The number of esters is 1. The highest BCUT2D eigenvalue weighted by Gasteiger charge is 2.61. The van der Waals surface area contributed by atoms with Gasteiger partial charge in [0.1, 0.15) is 6.61 Å². The third-order valence-corrected chi connectivity index (χ3v) is 5.47. The molecule has 1 amide bonds. The number of rotatable bonds is 5. The summed E-state index contributed by atoms with van der Waals surface area (Å²) < 4.78 is 46.0. The standard InChI is InChI=1S/C19H18F3NO4S/c1-17(2,12-5-6-28-9-12)10-18(26,19(20,21)22)16(25)23-13-3-4-14-11(7-13)8-27-15(14)24/h3-7,9,26H,8,10H2,1-2H3,(H,23,25). The number of amides is 1. The second-order valence-corrected chi connectivity index (χ2v) is 8.11. The third kappa shape index (κ3) is 3.64. The molecule has 1 aliphatic rings. The lowest BCUT2D eigenvalue weighted by atomic mass is 9.75. The van der Waals surface area contributed by atoms with Crippen LogP contribution >= 0.6 is 11.3 Å². The van der Waals surface area contributed by atoms with E-state index >= 15 is 0 Å². The quantitative estimate of drug-likeness (QED) is 0.726. The molecule has 0 bridgehead atoms. The van der Waals surface area contributed by atoms with Gasteiger partial charge >= 0.3 is 12.1 Å². The van der Waals surface area contributed by atoms with Gasteiger partial charge in [0.25, 0.3) is 5.91 Å². The molecule has 1 aliphatic heterocycles. The minimum absolute atomic E-state index is 0.0212. The van der Waals surface area contributed by atoms with Gasteiger partial charge in [-0.05, 0) is 46.0 Å². The molecule has 2 heterocycles. The average molecular weight is 413 g/mol. The number of nitrogens with one attached hydrogen (secondary N) is 1. The Bertz CT molecular complexity index is 908. The fourth-order valence-corrected chi connectivity index (χ4v) is 3.99. The molecule has 2 aromatic rings. The van der Waals surface area contributed by atoms with Crippen LogP contribution in [-0.2, 0) is 21.6 Å². The van der Waals surface area contributed by atoms with Crippen LogP contribution in [0.25, 0.3) is 0 Å². The van der Waals surface area contributed by atoms with Crippen LogP contribution in [-0.4, -0.2) is 28.8 Å². The summed E-state index contributed by atoms with van der Waals surface area (Å²) in [4.78, 5) is 24.0.